The SMILES string of the molecule is C=C1C(=O)O[C@H]2/C=C(/CO)CC/C=C(/C)C[C@@H](OC(=O)C(=C)[C@H](O)CO)[C@@H]12. The number of ether oxygens (including phenoxy) is 2. The van der Waals surface area contributed by atoms with E-state index in [2.05, 4.69) is 13.2 Å². The first-order valence-corrected chi connectivity index (χ1v) is 8.83. The van der Waals surface area contributed by atoms with Gasteiger partial charge in [0.2, 0.25) is 0 Å². The number of hydrogen-bond acceptors (Lipinski definition) is 7. The molecule has 1 fully saturated rings. The van der Waals surface area contributed by atoms with Gasteiger partial charge in [-0.25, -0.2) is 9.59 Å². The molecule has 0 saturated carbocycles. The third kappa shape index (κ3) is 4.94. The Labute approximate surface area is 158 Å². The quantitative estimate of drug-likeness (QED) is 0.371. The molecule has 0 bridgehead atoms. The van der Waals surface area contributed by atoms with Crippen molar-refractivity contribution in [2.24, 2.45) is 5.92 Å². The van der Waals surface area contributed by atoms with Crippen molar-refractivity contribution >= 4 is 11.9 Å². The molecule has 0 aromatic carbocycles. The van der Waals surface area contributed by atoms with Gasteiger partial charge in [0.05, 0.1) is 24.7 Å². The van der Waals surface area contributed by atoms with Gasteiger partial charge in [0.15, 0.2) is 0 Å². The average molecular weight is 378 g/mol. The highest BCUT2D eigenvalue weighted by Crippen LogP contribution is 2.36. The normalized spacial score (nSPS) is 30.9. The molecule has 7 nitrogen and oxygen atoms in total. The van der Waals surface area contributed by atoms with E-state index in [1.165, 1.54) is 0 Å². The first kappa shape index (κ1) is 21.1. The summed E-state index contributed by atoms with van der Waals surface area (Å²) in [7, 11) is 0. The Hall–Kier alpha value is -2.22. The maximum atomic E-state index is 12.3. The summed E-state index contributed by atoms with van der Waals surface area (Å²) in [5.41, 5.74) is 1.60. The molecular weight excluding hydrogens is 352 g/mol. The standard InChI is InChI=1S/C20H26O7/c1-11-5-4-6-14(9-21)8-17-18(13(3)20(25)27-17)16(7-11)26-19(24)12(2)15(23)10-22/h5,8,15-18,21-23H,2-4,6-7,9-10H2,1H3/b11-5-,14-8+/t15-,16-,17+,18-/m1/s1. The van der Waals surface area contributed by atoms with Crippen molar-refractivity contribution in [1.82, 2.24) is 0 Å². The van der Waals surface area contributed by atoms with Gasteiger partial charge in [0, 0.05) is 12.0 Å². The highest BCUT2D eigenvalue weighted by atomic mass is 16.6. The minimum absolute atomic E-state index is 0.163. The van der Waals surface area contributed by atoms with Gasteiger partial charge in [0.1, 0.15) is 18.3 Å². The monoisotopic (exact) mass is 378 g/mol. The Morgan fingerprint density at radius 1 is 1.44 bits per heavy atom. The molecule has 1 aliphatic carbocycles. The van der Waals surface area contributed by atoms with E-state index in [0.29, 0.717) is 19.3 Å². The van der Waals surface area contributed by atoms with Crippen LogP contribution in [0, 0.1) is 5.92 Å². The fraction of sp³-hybridized carbons (Fsp3) is 0.500. The number of carbonyl (C=O) groups excluding carboxylic acids is 2. The summed E-state index contributed by atoms with van der Waals surface area (Å²) in [6, 6.07) is 0. The molecule has 1 saturated heterocycles. The van der Waals surface area contributed by atoms with Crippen LogP contribution in [-0.4, -0.2) is 58.8 Å². The van der Waals surface area contributed by atoms with Crippen LogP contribution < -0.4 is 0 Å². The van der Waals surface area contributed by atoms with Crippen LogP contribution in [0.25, 0.3) is 0 Å². The van der Waals surface area contributed by atoms with Crippen molar-refractivity contribution in [3.63, 3.8) is 0 Å². The van der Waals surface area contributed by atoms with E-state index in [1.807, 2.05) is 13.0 Å². The highest BCUT2D eigenvalue weighted by molar-refractivity contribution is 5.92. The smallest absolute Gasteiger partial charge is 0.336 e. The largest absolute Gasteiger partial charge is 0.458 e. The summed E-state index contributed by atoms with van der Waals surface area (Å²) >= 11 is 0. The summed E-state index contributed by atoms with van der Waals surface area (Å²) in [5, 5.41) is 28.2. The van der Waals surface area contributed by atoms with Gasteiger partial charge in [0.25, 0.3) is 0 Å². The number of hydrogen-bond donors (Lipinski definition) is 3. The topological polar surface area (TPSA) is 113 Å². The second kappa shape index (κ2) is 9.12. The number of aliphatic hydroxyl groups excluding tert-OH is 3. The van der Waals surface area contributed by atoms with Crippen molar-refractivity contribution in [2.75, 3.05) is 13.2 Å². The summed E-state index contributed by atoms with van der Waals surface area (Å²) in [4.78, 5) is 24.4. The molecule has 1 heterocycles. The summed E-state index contributed by atoms with van der Waals surface area (Å²) in [6.07, 6.45) is 2.46. The van der Waals surface area contributed by atoms with E-state index in [-0.39, 0.29) is 17.8 Å². The second-order valence-electron chi connectivity index (χ2n) is 6.86. The molecule has 2 rings (SSSR count). The second-order valence-corrected chi connectivity index (χ2v) is 6.86. The number of esters is 2. The number of fused-ring (bicyclic) bond motifs is 1. The first-order valence-electron chi connectivity index (χ1n) is 8.83. The van der Waals surface area contributed by atoms with Crippen LogP contribution in [-0.2, 0) is 19.1 Å². The molecule has 148 valence electrons. The first-order chi connectivity index (χ1) is 12.8. The van der Waals surface area contributed by atoms with Gasteiger partial charge in [-0.05, 0) is 31.4 Å². The predicted molar refractivity (Wildman–Crippen MR) is 97.4 cm³/mol. The van der Waals surface area contributed by atoms with E-state index >= 15 is 0 Å². The zero-order chi connectivity index (χ0) is 20.1. The molecule has 0 aromatic rings. The van der Waals surface area contributed by atoms with Crippen molar-refractivity contribution in [1.29, 1.82) is 0 Å². The lowest BCUT2D eigenvalue weighted by atomic mass is 9.85. The summed E-state index contributed by atoms with van der Waals surface area (Å²) < 4.78 is 10.9. The molecule has 3 N–H and O–H groups in total. The minimum atomic E-state index is -1.42. The Kier molecular flexibility index (Phi) is 7.12. The summed E-state index contributed by atoms with van der Waals surface area (Å²) in [6.45, 7) is 8.32. The van der Waals surface area contributed by atoms with Gasteiger partial charge in [-0.2, -0.15) is 0 Å². The Bertz CT molecular complexity index is 688. The third-order valence-electron chi connectivity index (χ3n) is 4.84. The van der Waals surface area contributed by atoms with Gasteiger partial charge in [-0.15, -0.1) is 0 Å². The third-order valence-corrected chi connectivity index (χ3v) is 4.84. The fourth-order valence-electron chi connectivity index (χ4n) is 3.23. The maximum absolute atomic E-state index is 12.3. The van der Waals surface area contributed by atoms with Crippen molar-refractivity contribution in [3.8, 4) is 0 Å². The lowest BCUT2D eigenvalue weighted by Crippen LogP contribution is -2.35. The van der Waals surface area contributed by atoms with Gasteiger partial charge in [-0.1, -0.05) is 24.8 Å². The van der Waals surface area contributed by atoms with E-state index in [1.54, 1.807) is 6.08 Å². The zero-order valence-electron chi connectivity index (χ0n) is 15.4. The highest BCUT2D eigenvalue weighted by Gasteiger charge is 2.44. The predicted octanol–water partition coefficient (Wildman–Crippen LogP) is 0.954. The van der Waals surface area contributed by atoms with Crippen LogP contribution in [0.1, 0.15) is 26.2 Å². The van der Waals surface area contributed by atoms with E-state index < -0.39 is 42.8 Å². The van der Waals surface area contributed by atoms with E-state index in [0.717, 1.165) is 11.1 Å². The molecule has 7 heteroatoms. The number of rotatable bonds is 5. The van der Waals surface area contributed by atoms with E-state index in [9.17, 15) is 19.8 Å². The van der Waals surface area contributed by atoms with Crippen LogP contribution >= 0.6 is 0 Å². The van der Waals surface area contributed by atoms with Gasteiger partial charge in [-0.3, -0.25) is 0 Å². The lowest BCUT2D eigenvalue weighted by molar-refractivity contribution is -0.148. The van der Waals surface area contributed by atoms with Crippen LogP contribution in [0.15, 0.2) is 47.6 Å². The maximum Gasteiger partial charge on any atom is 0.336 e. The minimum Gasteiger partial charge on any atom is -0.458 e. The van der Waals surface area contributed by atoms with Crippen molar-refractivity contribution in [2.45, 2.75) is 44.5 Å². The van der Waals surface area contributed by atoms with Gasteiger partial charge >= 0.3 is 11.9 Å². The van der Waals surface area contributed by atoms with Crippen LogP contribution in [0.5, 0.6) is 0 Å². The van der Waals surface area contributed by atoms with Crippen LogP contribution in [0.4, 0.5) is 0 Å². The number of aliphatic hydroxyl groups is 3. The van der Waals surface area contributed by atoms with Crippen LogP contribution in [0.3, 0.4) is 0 Å². The molecule has 1 aliphatic heterocycles. The summed E-state index contributed by atoms with van der Waals surface area (Å²) in [5.74, 6) is -2.05. The molecule has 0 unspecified atom stereocenters. The molecule has 4 atom stereocenters. The Morgan fingerprint density at radius 2 is 2.15 bits per heavy atom. The Morgan fingerprint density at radius 3 is 2.78 bits per heavy atom. The Balaban J connectivity index is 2.36. The zero-order valence-corrected chi connectivity index (χ0v) is 15.4. The molecule has 0 spiro atoms. The molecule has 0 amide bonds. The molecule has 2 aliphatic rings. The van der Waals surface area contributed by atoms with Crippen LogP contribution in [0.2, 0.25) is 0 Å². The molecule has 0 aromatic heterocycles. The lowest BCUT2D eigenvalue weighted by Gasteiger charge is -2.28. The van der Waals surface area contributed by atoms with Crippen molar-refractivity contribution < 1.29 is 34.4 Å². The molecular formula is C20H26O7. The van der Waals surface area contributed by atoms with E-state index in [4.69, 9.17) is 14.6 Å². The molecule has 0 radical (unpaired) electrons. The fourth-order valence-corrected chi connectivity index (χ4v) is 3.23. The van der Waals surface area contributed by atoms with Gasteiger partial charge < -0.3 is 24.8 Å². The van der Waals surface area contributed by atoms with Crippen molar-refractivity contribution in [3.05, 3.63) is 47.6 Å². The number of carbonyl (C=O) groups is 2. The molecule has 27 heavy (non-hydrogen) atoms. The number of allylic oxidation sites excluding steroid dienone is 1. The average Bonchev–Trinajstić information content (AvgIpc) is 2.92.